The number of benzene rings is 4. The Morgan fingerprint density at radius 2 is 1.82 bits per heavy atom. The van der Waals surface area contributed by atoms with Gasteiger partial charge in [0.25, 0.3) is 5.91 Å². The van der Waals surface area contributed by atoms with Gasteiger partial charge in [-0.05, 0) is 53.2 Å². The summed E-state index contributed by atoms with van der Waals surface area (Å²) in [6.45, 7) is 0. The minimum absolute atomic E-state index is 0.0850. The number of aromatic nitrogens is 1. The van der Waals surface area contributed by atoms with Crippen LogP contribution >= 0.6 is 0 Å². The molecule has 1 heterocycles. The molecule has 0 radical (unpaired) electrons. The number of carbonyl (C=O) groups is 1. The predicted molar refractivity (Wildman–Crippen MR) is 125 cm³/mol. The molecule has 0 aliphatic carbocycles. The number of fused-ring (bicyclic) bond motifs is 2. The van der Waals surface area contributed by atoms with Gasteiger partial charge in [0.1, 0.15) is 5.52 Å². The van der Waals surface area contributed by atoms with Crippen molar-refractivity contribution in [2.24, 2.45) is 0 Å². The zero-order valence-electron chi connectivity index (χ0n) is 17.4. The highest BCUT2D eigenvalue weighted by molar-refractivity contribution is 6.05. The van der Waals surface area contributed by atoms with Crippen molar-refractivity contribution in [2.45, 2.75) is 0 Å². The number of oxazole rings is 1. The number of methoxy groups -OCH3 is 1. The third-order valence-corrected chi connectivity index (χ3v) is 5.28. The van der Waals surface area contributed by atoms with Crippen LogP contribution in [0.3, 0.4) is 0 Å². The van der Waals surface area contributed by atoms with Crippen molar-refractivity contribution >= 4 is 39.2 Å². The van der Waals surface area contributed by atoms with Crippen molar-refractivity contribution < 1.29 is 18.9 Å². The maximum absolute atomic E-state index is 12.7. The fourth-order valence-corrected chi connectivity index (χ4v) is 3.63. The fourth-order valence-electron chi connectivity index (χ4n) is 3.63. The number of nitrogens with one attached hydrogen (secondary N) is 1. The van der Waals surface area contributed by atoms with E-state index in [4.69, 9.17) is 9.15 Å². The van der Waals surface area contributed by atoms with Crippen molar-refractivity contribution in [3.05, 3.63) is 94.5 Å². The Bertz CT molecular complexity index is 1540. The zero-order chi connectivity index (χ0) is 22.9. The Morgan fingerprint density at radius 3 is 2.61 bits per heavy atom. The minimum Gasteiger partial charge on any atom is -0.490 e. The Labute approximate surface area is 187 Å². The molecule has 0 aliphatic rings. The fraction of sp³-hybridized carbons (Fsp3) is 0.0400. The van der Waals surface area contributed by atoms with Crippen LogP contribution in [0.25, 0.3) is 33.3 Å². The van der Waals surface area contributed by atoms with E-state index in [-0.39, 0.29) is 17.0 Å². The molecule has 0 unspecified atom stereocenters. The first-order chi connectivity index (χ1) is 16.0. The average molecular weight is 439 g/mol. The Hall–Kier alpha value is -4.72. The topological polar surface area (TPSA) is 108 Å². The summed E-state index contributed by atoms with van der Waals surface area (Å²) in [4.78, 5) is 27.9. The molecule has 0 atom stereocenters. The minimum atomic E-state index is -0.592. The van der Waals surface area contributed by atoms with Crippen LogP contribution in [0.5, 0.6) is 5.75 Å². The third-order valence-electron chi connectivity index (χ3n) is 5.28. The van der Waals surface area contributed by atoms with E-state index < -0.39 is 10.8 Å². The summed E-state index contributed by atoms with van der Waals surface area (Å²) < 4.78 is 10.9. The van der Waals surface area contributed by atoms with Crippen molar-refractivity contribution in [2.75, 3.05) is 12.4 Å². The van der Waals surface area contributed by atoms with E-state index in [2.05, 4.69) is 10.3 Å². The highest BCUT2D eigenvalue weighted by Gasteiger charge is 2.18. The quantitative estimate of drug-likeness (QED) is 0.273. The number of nitrogens with zero attached hydrogens (tertiary/aromatic N) is 2. The second-order valence-electron chi connectivity index (χ2n) is 7.36. The molecule has 1 aromatic heterocycles. The number of hydrogen-bond acceptors (Lipinski definition) is 6. The molecular formula is C25H17N3O5. The zero-order valence-corrected chi connectivity index (χ0v) is 17.4. The van der Waals surface area contributed by atoms with Gasteiger partial charge in [0.15, 0.2) is 11.3 Å². The van der Waals surface area contributed by atoms with Crippen LogP contribution in [0.1, 0.15) is 10.4 Å². The second-order valence-corrected chi connectivity index (χ2v) is 7.36. The van der Waals surface area contributed by atoms with E-state index in [1.807, 2.05) is 42.5 Å². The lowest BCUT2D eigenvalue weighted by Crippen LogP contribution is -2.12. The molecule has 33 heavy (non-hydrogen) atoms. The van der Waals surface area contributed by atoms with Gasteiger partial charge in [0, 0.05) is 22.9 Å². The molecule has 0 aliphatic heterocycles. The first-order valence-electron chi connectivity index (χ1n) is 10.1. The van der Waals surface area contributed by atoms with E-state index in [0.717, 1.165) is 16.3 Å². The number of ether oxygens (including phenoxy) is 1. The smallest absolute Gasteiger partial charge is 0.311 e. The molecular weight excluding hydrogens is 422 g/mol. The molecule has 0 saturated carbocycles. The van der Waals surface area contributed by atoms with Gasteiger partial charge in [0.05, 0.1) is 12.0 Å². The molecule has 0 spiro atoms. The summed E-state index contributed by atoms with van der Waals surface area (Å²) in [5, 5.41) is 16.2. The van der Waals surface area contributed by atoms with Crippen LogP contribution in [0.4, 0.5) is 11.4 Å². The van der Waals surface area contributed by atoms with Crippen LogP contribution in [0, 0.1) is 10.1 Å². The number of hydrogen-bond donors (Lipinski definition) is 1. The maximum Gasteiger partial charge on any atom is 0.311 e. The molecule has 0 saturated heterocycles. The molecule has 0 bridgehead atoms. The van der Waals surface area contributed by atoms with Gasteiger partial charge in [-0.3, -0.25) is 14.9 Å². The molecule has 1 amide bonds. The Balaban J connectivity index is 1.42. The highest BCUT2D eigenvalue weighted by atomic mass is 16.6. The van der Waals surface area contributed by atoms with Gasteiger partial charge >= 0.3 is 5.69 Å². The Morgan fingerprint density at radius 1 is 1.00 bits per heavy atom. The summed E-state index contributed by atoms with van der Waals surface area (Å²) in [6.07, 6.45) is 0. The number of nitro groups is 1. The van der Waals surface area contributed by atoms with Gasteiger partial charge in [-0.15, -0.1) is 0 Å². The van der Waals surface area contributed by atoms with E-state index in [9.17, 15) is 14.9 Å². The molecule has 4 aromatic carbocycles. The molecule has 162 valence electrons. The molecule has 5 rings (SSSR count). The van der Waals surface area contributed by atoms with Gasteiger partial charge < -0.3 is 14.5 Å². The van der Waals surface area contributed by atoms with Crippen molar-refractivity contribution in [1.82, 2.24) is 4.98 Å². The second kappa shape index (κ2) is 8.08. The molecule has 8 nitrogen and oxygen atoms in total. The maximum atomic E-state index is 12.7. The van der Waals surface area contributed by atoms with Gasteiger partial charge in [-0.1, -0.05) is 30.3 Å². The normalized spacial score (nSPS) is 10.9. The lowest BCUT2D eigenvalue weighted by Gasteiger charge is -2.06. The predicted octanol–water partition coefficient (Wildman–Crippen LogP) is 5.82. The third kappa shape index (κ3) is 3.85. The Kier molecular flexibility index (Phi) is 4.95. The lowest BCUT2D eigenvalue weighted by atomic mass is 10.1. The lowest BCUT2D eigenvalue weighted by molar-refractivity contribution is -0.385. The number of anilines is 1. The summed E-state index contributed by atoms with van der Waals surface area (Å²) in [6, 6.07) is 23.1. The average Bonchev–Trinajstić information content (AvgIpc) is 3.26. The molecule has 0 fully saturated rings. The van der Waals surface area contributed by atoms with Gasteiger partial charge in [-0.25, -0.2) is 4.98 Å². The molecule has 5 aromatic rings. The molecule has 1 N–H and O–H groups in total. The van der Waals surface area contributed by atoms with Crippen LogP contribution in [-0.2, 0) is 0 Å². The van der Waals surface area contributed by atoms with E-state index >= 15 is 0 Å². The SMILES string of the molecule is COc1ccc(C(=O)Nc2ccc3oc(-c4ccc5ccccc5c4)nc3c2)cc1[N+](=O)[O-]. The van der Waals surface area contributed by atoms with Crippen LogP contribution in [0.15, 0.2) is 83.3 Å². The van der Waals surface area contributed by atoms with Crippen molar-refractivity contribution in [3.63, 3.8) is 0 Å². The highest BCUT2D eigenvalue weighted by Crippen LogP contribution is 2.30. The first kappa shape index (κ1) is 20.2. The van der Waals surface area contributed by atoms with Crippen LogP contribution in [0.2, 0.25) is 0 Å². The number of amides is 1. The largest absolute Gasteiger partial charge is 0.490 e. The van der Waals surface area contributed by atoms with E-state index in [1.165, 1.54) is 25.3 Å². The summed E-state index contributed by atoms with van der Waals surface area (Å²) >= 11 is 0. The van der Waals surface area contributed by atoms with E-state index in [1.54, 1.807) is 18.2 Å². The van der Waals surface area contributed by atoms with Gasteiger partial charge in [0.2, 0.25) is 5.89 Å². The van der Waals surface area contributed by atoms with Crippen molar-refractivity contribution in [3.8, 4) is 17.2 Å². The number of rotatable bonds is 5. The number of carbonyl (C=O) groups excluding carboxylic acids is 1. The monoisotopic (exact) mass is 439 g/mol. The van der Waals surface area contributed by atoms with Crippen LogP contribution < -0.4 is 10.1 Å². The van der Waals surface area contributed by atoms with E-state index in [0.29, 0.717) is 22.7 Å². The standard InChI is InChI=1S/C25H17N3O5/c1-32-23-10-8-17(13-21(23)28(30)31)24(29)26-19-9-11-22-20(14-19)27-25(33-22)18-7-6-15-4-2-3-5-16(15)12-18/h2-14H,1H3,(H,26,29). The van der Waals surface area contributed by atoms with Gasteiger partial charge in [-0.2, -0.15) is 0 Å². The molecule has 8 heteroatoms. The number of nitro benzene ring substituents is 1. The summed E-state index contributed by atoms with van der Waals surface area (Å²) in [5.41, 5.74) is 2.36. The first-order valence-corrected chi connectivity index (χ1v) is 10.1. The summed E-state index contributed by atoms with van der Waals surface area (Å²) in [7, 11) is 1.33. The summed E-state index contributed by atoms with van der Waals surface area (Å²) in [5.74, 6) is 0.0742. The van der Waals surface area contributed by atoms with Crippen molar-refractivity contribution in [1.29, 1.82) is 0 Å². The van der Waals surface area contributed by atoms with Crippen LogP contribution in [-0.4, -0.2) is 22.9 Å².